The Balaban J connectivity index is 0.00000243. The summed E-state index contributed by atoms with van der Waals surface area (Å²) in [6, 6.07) is 12.3. The molecule has 2 aromatic rings. The molecular formula is C18H24FIN6. The Bertz CT molecular complexity index is 687. The van der Waals surface area contributed by atoms with E-state index in [0.717, 1.165) is 38.4 Å². The van der Waals surface area contributed by atoms with Crippen molar-refractivity contribution in [1.29, 1.82) is 0 Å². The molecule has 1 saturated heterocycles. The van der Waals surface area contributed by atoms with Crippen molar-refractivity contribution < 1.29 is 4.39 Å². The maximum atomic E-state index is 13.0. The average molecular weight is 470 g/mol. The minimum Gasteiger partial charge on any atom is -0.370 e. The van der Waals surface area contributed by atoms with Crippen LogP contribution in [0.5, 0.6) is 0 Å². The summed E-state index contributed by atoms with van der Waals surface area (Å²) < 4.78 is 13.0. The summed E-state index contributed by atoms with van der Waals surface area (Å²) in [6.07, 6.45) is 1.70. The van der Waals surface area contributed by atoms with Crippen molar-refractivity contribution in [3.63, 3.8) is 0 Å². The van der Waals surface area contributed by atoms with Crippen molar-refractivity contribution in [2.45, 2.75) is 0 Å². The van der Waals surface area contributed by atoms with E-state index in [-0.39, 0.29) is 29.8 Å². The summed E-state index contributed by atoms with van der Waals surface area (Å²) in [5, 5.41) is 2.97. The highest BCUT2D eigenvalue weighted by molar-refractivity contribution is 14.0. The third kappa shape index (κ3) is 6.10. The van der Waals surface area contributed by atoms with E-state index < -0.39 is 0 Å². The van der Waals surface area contributed by atoms with E-state index in [0.29, 0.717) is 18.3 Å². The van der Waals surface area contributed by atoms with E-state index in [1.807, 2.05) is 30.3 Å². The van der Waals surface area contributed by atoms with Crippen LogP contribution in [0.4, 0.5) is 15.9 Å². The quantitative estimate of drug-likeness (QED) is 0.399. The number of hydrogen-bond acceptors (Lipinski definition) is 4. The van der Waals surface area contributed by atoms with Gasteiger partial charge in [-0.1, -0.05) is 6.07 Å². The number of aromatic nitrogens is 1. The van der Waals surface area contributed by atoms with Crippen LogP contribution in [0.15, 0.2) is 53.7 Å². The van der Waals surface area contributed by atoms with Crippen molar-refractivity contribution in [1.82, 2.24) is 9.88 Å². The number of nitrogens with zero attached hydrogens (tertiary/aromatic N) is 4. The van der Waals surface area contributed by atoms with Crippen molar-refractivity contribution in [3.8, 4) is 0 Å². The van der Waals surface area contributed by atoms with Crippen LogP contribution in [-0.4, -0.2) is 55.1 Å². The highest BCUT2D eigenvalue weighted by Crippen LogP contribution is 2.16. The smallest absolute Gasteiger partial charge is 0.194 e. The van der Waals surface area contributed by atoms with E-state index in [4.69, 9.17) is 5.73 Å². The molecule has 0 amide bonds. The summed E-state index contributed by atoms with van der Waals surface area (Å²) in [5.74, 6) is 0.873. The van der Waals surface area contributed by atoms with E-state index in [1.54, 1.807) is 6.20 Å². The number of nitrogens with two attached hydrogens (primary N) is 1. The van der Waals surface area contributed by atoms with Crippen LogP contribution in [0, 0.1) is 5.82 Å². The Hall–Kier alpha value is -1.94. The molecule has 0 radical (unpaired) electrons. The predicted octanol–water partition coefficient (Wildman–Crippen LogP) is 2.39. The molecule has 1 aliphatic heterocycles. The molecule has 3 N–H and O–H groups in total. The van der Waals surface area contributed by atoms with Gasteiger partial charge < -0.3 is 16.0 Å². The van der Waals surface area contributed by atoms with Gasteiger partial charge in [0.05, 0.1) is 6.54 Å². The van der Waals surface area contributed by atoms with Crippen molar-refractivity contribution in [2.24, 2.45) is 10.7 Å². The standard InChI is InChI=1S/C18H23FN6.HI/c19-15-4-6-16(7-5-15)25-13-11-24(12-14-25)10-9-22-18(20)23-17-3-1-2-8-21-17;/h1-8H,9-14H2,(H3,20,21,22,23);1H. The molecule has 6 nitrogen and oxygen atoms in total. The largest absolute Gasteiger partial charge is 0.370 e. The summed E-state index contributed by atoms with van der Waals surface area (Å²) in [7, 11) is 0. The number of hydrogen-bond donors (Lipinski definition) is 2. The Morgan fingerprint density at radius 3 is 2.50 bits per heavy atom. The van der Waals surface area contributed by atoms with Gasteiger partial charge in [0.2, 0.25) is 0 Å². The zero-order chi connectivity index (χ0) is 17.5. The fourth-order valence-electron chi connectivity index (χ4n) is 2.80. The summed E-state index contributed by atoms with van der Waals surface area (Å²) in [5.41, 5.74) is 6.95. The fourth-order valence-corrected chi connectivity index (χ4v) is 2.80. The van der Waals surface area contributed by atoms with Gasteiger partial charge >= 0.3 is 0 Å². The zero-order valence-corrected chi connectivity index (χ0v) is 16.8. The topological polar surface area (TPSA) is 69.8 Å². The molecule has 2 heterocycles. The first kappa shape index (κ1) is 20.4. The summed E-state index contributed by atoms with van der Waals surface area (Å²) in [6.45, 7) is 5.28. The second-order valence-corrected chi connectivity index (χ2v) is 5.91. The Kier molecular flexibility index (Phi) is 8.05. The van der Waals surface area contributed by atoms with Crippen LogP contribution in [0.25, 0.3) is 0 Å². The lowest BCUT2D eigenvalue weighted by Gasteiger charge is -2.35. The van der Waals surface area contributed by atoms with Crippen LogP contribution in [-0.2, 0) is 0 Å². The normalized spacial score (nSPS) is 15.4. The molecule has 0 spiro atoms. The van der Waals surface area contributed by atoms with Gasteiger partial charge in [-0.3, -0.25) is 9.89 Å². The summed E-state index contributed by atoms with van der Waals surface area (Å²) >= 11 is 0. The fraction of sp³-hybridized carbons (Fsp3) is 0.333. The number of rotatable bonds is 5. The number of guanidine groups is 1. The van der Waals surface area contributed by atoms with Gasteiger partial charge in [-0.15, -0.1) is 24.0 Å². The average Bonchev–Trinajstić information content (AvgIpc) is 2.64. The second kappa shape index (κ2) is 10.3. The highest BCUT2D eigenvalue weighted by atomic mass is 127. The lowest BCUT2D eigenvalue weighted by atomic mass is 10.2. The molecule has 0 unspecified atom stereocenters. The van der Waals surface area contributed by atoms with Gasteiger partial charge in [-0.2, -0.15) is 0 Å². The molecule has 1 aliphatic rings. The molecule has 0 aliphatic carbocycles. The number of pyridine rings is 1. The van der Waals surface area contributed by atoms with Crippen LogP contribution < -0.4 is 16.0 Å². The third-order valence-electron chi connectivity index (χ3n) is 4.18. The first-order valence-corrected chi connectivity index (χ1v) is 8.41. The first-order valence-electron chi connectivity index (χ1n) is 8.41. The van der Waals surface area contributed by atoms with Gasteiger partial charge in [0.15, 0.2) is 5.96 Å². The van der Waals surface area contributed by atoms with Crippen LogP contribution in [0.3, 0.4) is 0 Å². The molecular weight excluding hydrogens is 446 g/mol. The second-order valence-electron chi connectivity index (χ2n) is 5.91. The Morgan fingerprint density at radius 2 is 1.85 bits per heavy atom. The molecule has 1 aromatic carbocycles. The van der Waals surface area contributed by atoms with Crippen LogP contribution >= 0.6 is 24.0 Å². The molecule has 26 heavy (non-hydrogen) atoms. The Labute approximate surface area is 170 Å². The minimum absolute atomic E-state index is 0. The van der Waals surface area contributed by atoms with Gasteiger partial charge in [0.1, 0.15) is 11.6 Å². The first-order chi connectivity index (χ1) is 12.2. The number of piperazine rings is 1. The maximum Gasteiger partial charge on any atom is 0.194 e. The van der Waals surface area contributed by atoms with Gasteiger partial charge in [0, 0.05) is 44.6 Å². The molecule has 1 fully saturated rings. The van der Waals surface area contributed by atoms with Gasteiger partial charge in [-0.05, 0) is 36.4 Å². The molecule has 3 rings (SSSR count). The van der Waals surface area contributed by atoms with E-state index >= 15 is 0 Å². The van der Waals surface area contributed by atoms with E-state index in [2.05, 4.69) is 25.1 Å². The molecule has 0 bridgehead atoms. The van der Waals surface area contributed by atoms with Crippen molar-refractivity contribution in [3.05, 3.63) is 54.5 Å². The number of benzene rings is 1. The number of nitrogens with one attached hydrogen (secondary N) is 1. The van der Waals surface area contributed by atoms with E-state index in [1.165, 1.54) is 12.1 Å². The Morgan fingerprint density at radius 1 is 1.12 bits per heavy atom. The van der Waals surface area contributed by atoms with E-state index in [9.17, 15) is 4.39 Å². The van der Waals surface area contributed by atoms with Crippen LogP contribution in [0.2, 0.25) is 0 Å². The minimum atomic E-state index is -0.197. The number of anilines is 2. The highest BCUT2D eigenvalue weighted by Gasteiger charge is 2.16. The number of halogens is 2. The predicted molar refractivity (Wildman–Crippen MR) is 115 cm³/mol. The lowest BCUT2D eigenvalue weighted by Crippen LogP contribution is -2.47. The molecule has 0 saturated carbocycles. The monoisotopic (exact) mass is 470 g/mol. The van der Waals surface area contributed by atoms with Crippen LogP contribution in [0.1, 0.15) is 0 Å². The SMILES string of the molecule is I.NC(=NCCN1CCN(c2ccc(F)cc2)CC1)Nc1ccccn1. The lowest BCUT2D eigenvalue weighted by molar-refractivity contribution is 0.265. The zero-order valence-electron chi connectivity index (χ0n) is 14.5. The van der Waals surface area contributed by atoms with Crippen molar-refractivity contribution in [2.75, 3.05) is 49.5 Å². The van der Waals surface area contributed by atoms with Gasteiger partial charge in [-0.25, -0.2) is 9.37 Å². The number of aliphatic imine (C=N–C) groups is 1. The molecule has 1 aromatic heterocycles. The summed E-state index contributed by atoms with van der Waals surface area (Å²) in [4.78, 5) is 13.1. The third-order valence-corrected chi connectivity index (χ3v) is 4.18. The molecule has 8 heteroatoms. The molecule has 140 valence electrons. The molecule has 0 atom stereocenters. The van der Waals surface area contributed by atoms with Crippen molar-refractivity contribution >= 4 is 41.4 Å². The van der Waals surface area contributed by atoms with Gasteiger partial charge in [0.25, 0.3) is 0 Å². The maximum absolute atomic E-state index is 13.0.